The van der Waals surface area contributed by atoms with E-state index in [-0.39, 0.29) is 0 Å². The van der Waals surface area contributed by atoms with Gasteiger partial charge in [-0.3, -0.25) is 0 Å². The summed E-state index contributed by atoms with van der Waals surface area (Å²) in [4.78, 5) is 15.2. The van der Waals surface area contributed by atoms with Crippen LogP contribution in [-0.2, 0) is 11.3 Å². The predicted molar refractivity (Wildman–Crippen MR) is 126 cm³/mol. The molecule has 0 saturated carbocycles. The van der Waals surface area contributed by atoms with Crippen molar-refractivity contribution in [2.75, 3.05) is 19.0 Å². The van der Waals surface area contributed by atoms with Gasteiger partial charge in [0.2, 0.25) is 0 Å². The zero-order chi connectivity index (χ0) is 22.2. The first kappa shape index (κ1) is 20.8. The number of ether oxygens (including phenoxy) is 2. The third kappa shape index (κ3) is 4.36. The quantitative estimate of drug-likeness (QED) is 0.396. The highest BCUT2D eigenvalue weighted by atomic mass is 16.6. The van der Waals surface area contributed by atoms with Gasteiger partial charge in [0.15, 0.2) is 0 Å². The molecule has 4 aromatic rings. The molecule has 0 saturated heterocycles. The summed E-state index contributed by atoms with van der Waals surface area (Å²) in [6.07, 6.45) is -0.399. The lowest BCUT2D eigenvalue weighted by Crippen LogP contribution is -2.27. The Morgan fingerprint density at radius 3 is 2.19 bits per heavy atom. The van der Waals surface area contributed by atoms with Crippen LogP contribution in [0.2, 0.25) is 0 Å². The van der Waals surface area contributed by atoms with Crippen LogP contribution < -0.4 is 9.64 Å². The van der Waals surface area contributed by atoms with Crippen LogP contribution in [0, 0.1) is 0 Å². The fourth-order valence-corrected chi connectivity index (χ4v) is 3.60. The van der Waals surface area contributed by atoms with E-state index in [4.69, 9.17) is 9.47 Å². The lowest BCUT2D eigenvalue weighted by atomic mass is 10.1. The monoisotopic (exact) mass is 416 g/mol. The van der Waals surface area contributed by atoms with E-state index >= 15 is 0 Å². The van der Waals surface area contributed by atoms with Gasteiger partial charge in [-0.25, -0.2) is 9.36 Å². The SMILES string of the molecule is CN(C)c1ccc2c3ccc(OCc4ccccc4)cc3n(C(=O)OC(C)(C)C)c2c1. The minimum atomic E-state index is -0.597. The zero-order valence-corrected chi connectivity index (χ0v) is 18.7. The summed E-state index contributed by atoms with van der Waals surface area (Å²) in [5, 5.41) is 1.99. The van der Waals surface area contributed by atoms with Crippen molar-refractivity contribution in [1.82, 2.24) is 4.57 Å². The third-order valence-electron chi connectivity index (χ3n) is 5.06. The molecule has 0 bridgehead atoms. The van der Waals surface area contributed by atoms with Crippen molar-refractivity contribution in [2.24, 2.45) is 0 Å². The van der Waals surface area contributed by atoms with Gasteiger partial charge >= 0.3 is 6.09 Å². The summed E-state index contributed by atoms with van der Waals surface area (Å²) in [7, 11) is 3.97. The molecule has 0 atom stereocenters. The molecule has 1 heterocycles. The highest BCUT2D eigenvalue weighted by molar-refractivity contribution is 6.13. The summed E-state index contributed by atoms with van der Waals surface area (Å²) >= 11 is 0. The van der Waals surface area contributed by atoms with Crippen molar-refractivity contribution in [3.05, 3.63) is 72.3 Å². The summed E-state index contributed by atoms with van der Waals surface area (Å²) < 4.78 is 13.4. The summed E-state index contributed by atoms with van der Waals surface area (Å²) in [5.41, 5.74) is 3.09. The largest absolute Gasteiger partial charge is 0.489 e. The van der Waals surface area contributed by atoms with Gasteiger partial charge in [0.1, 0.15) is 18.0 Å². The van der Waals surface area contributed by atoms with Gasteiger partial charge < -0.3 is 14.4 Å². The van der Waals surface area contributed by atoms with Gasteiger partial charge in [-0.1, -0.05) is 36.4 Å². The highest BCUT2D eigenvalue weighted by Gasteiger charge is 2.23. The Labute approximate surface area is 182 Å². The molecule has 0 unspecified atom stereocenters. The summed E-state index contributed by atoms with van der Waals surface area (Å²) in [6.45, 7) is 6.08. The molecule has 0 aliphatic carbocycles. The van der Waals surface area contributed by atoms with E-state index < -0.39 is 11.7 Å². The van der Waals surface area contributed by atoms with Gasteiger partial charge in [0, 0.05) is 36.6 Å². The van der Waals surface area contributed by atoms with Crippen molar-refractivity contribution in [1.29, 1.82) is 0 Å². The molecule has 0 amide bonds. The smallest absolute Gasteiger partial charge is 0.419 e. The van der Waals surface area contributed by atoms with Gasteiger partial charge in [-0.05, 0) is 50.6 Å². The molecular weight excluding hydrogens is 388 g/mol. The molecule has 5 heteroatoms. The predicted octanol–water partition coefficient (Wildman–Crippen LogP) is 6.22. The Morgan fingerprint density at radius 1 is 0.903 bits per heavy atom. The van der Waals surface area contributed by atoms with E-state index in [1.165, 1.54) is 0 Å². The lowest BCUT2D eigenvalue weighted by Gasteiger charge is -2.20. The number of carbonyl (C=O) groups is 1. The normalized spacial score (nSPS) is 11.6. The Hall–Kier alpha value is -3.47. The van der Waals surface area contributed by atoms with Crippen molar-refractivity contribution < 1.29 is 14.3 Å². The number of rotatable bonds is 4. The second-order valence-corrected chi connectivity index (χ2v) is 8.86. The second kappa shape index (κ2) is 7.99. The van der Waals surface area contributed by atoms with Crippen LogP contribution in [0.15, 0.2) is 66.7 Å². The van der Waals surface area contributed by atoms with Crippen LogP contribution in [0.25, 0.3) is 21.8 Å². The molecule has 31 heavy (non-hydrogen) atoms. The van der Waals surface area contributed by atoms with Gasteiger partial charge in [0.05, 0.1) is 11.0 Å². The number of carbonyl (C=O) groups excluding carboxylic acids is 1. The van der Waals surface area contributed by atoms with Crippen molar-refractivity contribution in [3.63, 3.8) is 0 Å². The molecular formula is C26H28N2O3. The molecule has 0 radical (unpaired) electrons. The zero-order valence-electron chi connectivity index (χ0n) is 18.7. The number of hydrogen-bond donors (Lipinski definition) is 0. The molecule has 0 aliphatic heterocycles. The number of aromatic nitrogens is 1. The average molecular weight is 417 g/mol. The number of hydrogen-bond acceptors (Lipinski definition) is 4. The molecule has 0 aliphatic rings. The number of nitrogens with zero attached hydrogens (tertiary/aromatic N) is 2. The van der Waals surface area contributed by atoms with Gasteiger partial charge in [0.25, 0.3) is 0 Å². The molecule has 0 fully saturated rings. The lowest BCUT2D eigenvalue weighted by molar-refractivity contribution is 0.0551. The van der Waals surface area contributed by atoms with Crippen LogP contribution in [0.4, 0.5) is 10.5 Å². The minimum Gasteiger partial charge on any atom is -0.489 e. The van der Waals surface area contributed by atoms with E-state index in [0.29, 0.717) is 12.4 Å². The first-order valence-corrected chi connectivity index (χ1v) is 10.4. The Balaban J connectivity index is 1.83. The van der Waals surface area contributed by atoms with Crippen LogP contribution in [0.5, 0.6) is 5.75 Å². The first-order chi connectivity index (χ1) is 14.7. The molecule has 160 valence electrons. The highest BCUT2D eigenvalue weighted by Crippen LogP contribution is 2.34. The molecule has 4 rings (SSSR count). The van der Waals surface area contributed by atoms with E-state index in [2.05, 4.69) is 12.1 Å². The summed E-state index contributed by atoms with van der Waals surface area (Å²) in [6, 6.07) is 22.0. The maximum atomic E-state index is 13.2. The van der Waals surface area contributed by atoms with Gasteiger partial charge in [-0.2, -0.15) is 0 Å². The average Bonchev–Trinajstić information content (AvgIpc) is 3.04. The molecule has 0 spiro atoms. The van der Waals surface area contributed by atoms with Crippen molar-refractivity contribution in [2.45, 2.75) is 33.0 Å². The Kier molecular flexibility index (Phi) is 5.36. The van der Waals surface area contributed by atoms with Crippen molar-refractivity contribution >= 4 is 33.6 Å². The fourth-order valence-electron chi connectivity index (χ4n) is 3.60. The van der Waals surface area contributed by atoms with Crippen molar-refractivity contribution in [3.8, 4) is 5.75 Å². The van der Waals surface area contributed by atoms with Crippen LogP contribution in [-0.4, -0.2) is 30.4 Å². The summed E-state index contributed by atoms with van der Waals surface area (Å²) in [5.74, 6) is 0.705. The topological polar surface area (TPSA) is 43.7 Å². The Morgan fingerprint density at radius 2 is 1.55 bits per heavy atom. The van der Waals surface area contributed by atoms with Crippen LogP contribution in [0.3, 0.4) is 0 Å². The molecule has 0 N–H and O–H groups in total. The molecule has 1 aromatic heterocycles. The number of benzene rings is 3. The third-order valence-corrected chi connectivity index (χ3v) is 5.06. The van der Waals surface area contributed by atoms with E-state index in [9.17, 15) is 4.79 Å². The van der Waals surface area contributed by atoms with Crippen LogP contribution in [0.1, 0.15) is 26.3 Å². The maximum absolute atomic E-state index is 13.2. The Bertz CT molecular complexity index is 1230. The van der Waals surface area contributed by atoms with Gasteiger partial charge in [-0.15, -0.1) is 0 Å². The van der Waals surface area contributed by atoms with Crippen LogP contribution >= 0.6 is 0 Å². The maximum Gasteiger partial charge on any atom is 0.419 e. The van der Waals surface area contributed by atoms with E-state index in [1.807, 2.05) is 94.4 Å². The number of anilines is 1. The fraction of sp³-hybridized carbons (Fsp3) is 0.269. The molecule has 5 nitrogen and oxygen atoms in total. The second-order valence-electron chi connectivity index (χ2n) is 8.86. The molecule has 3 aromatic carbocycles. The first-order valence-electron chi connectivity index (χ1n) is 10.4. The van der Waals surface area contributed by atoms with E-state index in [1.54, 1.807) is 4.57 Å². The number of fused-ring (bicyclic) bond motifs is 3. The van der Waals surface area contributed by atoms with E-state index in [0.717, 1.165) is 33.1 Å². The minimum absolute atomic E-state index is 0.399. The standard InChI is InChI=1S/C26H28N2O3/c1-26(2,3)31-25(29)28-23-15-19(27(4)5)11-13-21(23)22-14-12-20(16-24(22)28)30-17-18-9-7-6-8-10-18/h6-16H,17H2,1-5H3.